The van der Waals surface area contributed by atoms with E-state index in [1.165, 1.54) is 39.7 Å². The van der Waals surface area contributed by atoms with Crippen LogP contribution in [0, 0.1) is 46.3 Å². The Bertz CT molecular complexity index is 824. The highest BCUT2D eigenvalue weighted by Gasteiger charge is 2.63. The third-order valence-corrected chi connectivity index (χ3v) is 11.1. The molecule has 0 spiro atoms. The maximum Gasteiger partial charge on any atom is 0.305 e. The third kappa shape index (κ3) is 4.87. The molecule has 35 heavy (non-hydrogen) atoms. The van der Waals surface area contributed by atoms with Crippen LogP contribution in [0.25, 0.3) is 0 Å². The predicted molar refractivity (Wildman–Crippen MR) is 132 cm³/mol. The van der Waals surface area contributed by atoms with Crippen molar-refractivity contribution in [2.24, 2.45) is 46.3 Å². The van der Waals surface area contributed by atoms with Gasteiger partial charge < -0.3 is 14.2 Å². The molecule has 0 saturated heterocycles. The molecule has 7 unspecified atom stereocenters. The molecule has 0 heterocycles. The molecule has 0 aromatic heterocycles. The number of carbonyl (C=O) groups is 3. The van der Waals surface area contributed by atoms with Gasteiger partial charge in [-0.1, -0.05) is 20.8 Å². The number of methoxy groups -OCH3 is 1. The number of esters is 3. The van der Waals surface area contributed by atoms with Crippen molar-refractivity contribution < 1.29 is 28.6 Å². The maximum atomic E-state index is 12.2. The van der Waals surface area contributed by atoms with E-state index in [1.54, 1.807) is 6.92 Å². The Morgan fingerprint density at radius 3 is 2.20 bits per heavy atom. The van der Waals surface area contributed by atoms with Crippen LogP contribution in [0.2, 0.25) is 0 Å². The Kier molecular flexibility index (Phi) is 7.60. The quantitative estimate of drug-likeness (QED) is 0.351. The van der Waals surface area contributed by atoms with Gasteiger partial charge in [0.1, 0.15) is 12.2 Å². The summed E-state index contributed by atoms with van der Waals surface area (Å²) in [5.74, 6) is 2.43. The molecule has 10 atom stereocenters. The first-order valence-electron chi connectivity index (χ1n) is 13.9. The zero-order chi connectivity index (χ0) is 25.5. The van der Waals surface area contributed by atoms with Gasteiger partial charge in [0.05, 0.1) is 7.11 Å². The van der Waals surface area contributed by atoms with E-state index in [0.29, 0.717) is 41.9 Å². The fourth-order valence-electron chi connectivity index (χ4n) is 9.46. The standard InChI is InChI=1S/C29H46O6/c1-17(7-10-26(32)33-6)22-8-9-23-27-24(12-14-29(22,23)5)28(4)13-11-21(34-18(2)30)15-20(28)16-25(27)35-19(3)31/h17,20-25,27H,7-16H2,1-6H3/t17?,20-,21+,22?,23?,24?,25+,27?,28?,29?/m0/s1. The molecule has 0 bridgehead atoms. The summed E-state index contributed by atoms with van der Waals surface area (Å²) < 4.78 is 16.6. The fraction of sp³-hybridized carbons (Fsp3) is 0.897. The van der Waals surface area contributed by atoms with Crippen LogP contribution in [0.4, 0.5) is 0 Å². The van der Waals surface area contributed by atoms with Crippen molar-refractivity contribution in [3.8, 4) is 0 Å². The average Bonchev–Trinajstić information content (AvgIpc) is 3.14. The summed E-state index contributed by atoms with van der Waals surface area (Å²) in [6.07, 6.45) is 9.80. The largest absolute Gasteiger partial charge is 0.469 e. The van der Waals surface area contributed by atoms with Gasteiger partial charge in [-0.15, -0.1) is 0 Å². The minimum atomic E-state index is -0.199. The summed E-state index contributed by atoms with van der Waals surface area (Å²) in [6.45, 7) is 10.3. The molecule has 0 N–H and O–H groups in total. The smallest absolute Gasteiger partial charge is 0.305 e. The second kappa shape index (κ2) is 10.0. The van der Waals surface area contributed by atoms with Crippen LogP contribution in [0.3, 0.4) is 0 Å². The zero-order valence-corrected chi connectivity index (χ0v) is 22.6. The highest BCUT2D eigenvalue weighted by atomic mass is 16.5. The normalized spacial score (nSPS) is 43.2. The van der Waals surface area contributed by atoms with Crippen LogP contribution in [-0.4, -0.2) is 37.2 Å². The lowest BCUT2D eigenvalue weighted by Crippen LogP contribution is -2.59. The summed E-state index contributed by atoms with van der Waals surface area (Å²) in [7, 11) is 1.47. The van der Waals surface area contributed by atoms with Crippen molar-refractivity contribution >= 4 is 17.9 Å². The minimum absolute atomic E-state index is 0.0134. The molecule has 0 aromatic rings. The molecular formula is C29H46O6. The van der Waals surface area contributed by atoms with Gasteiger partial charge in [-0.05, 0) is 98.2 Å². The zero-order valence-electron chi connectivity index (χ0n) is 22.6. The van der Waals surface area contributed by atoms with E-state index in [0.717, 1.165) is 32.1 Å². The van der Waals surface area contributed by atoms with Gasteiger partial charge in [0.15, 0.2) is 0 Å². The fourth-order valence-corrected chi connectivity index (χ4v) is 9.46. The molecule has 198 valence electrons. The number of hydrogen-bond donors (Lipinski definition) is 0. The van der Waals surface area contributed by atoms with E-state index in [1.807, 2.05) is 0 Å². The second-order valence-corrected chi connectivity index (χ2v) is 12.7. The lowest BCUT2D eigenvalue weighted by Gasteiger charge is -2.62. The van der Waals surface area contributed by atoms with Crippen LogP contribution in [0.1, 0.15) is 98.8 Å². The lowest BCUT2D eigenvalue weighted by atomic mass is 9.43. The molecule has 4 saturated carbocycles. The van der Waals surface area contributed by atoms with E-state index in [2.05, 4.69) is 20.8 Å². The number of hydrogen-bond acceptors (Lipinski definition) is 6. The highest BCUT2D eigenvalue weighted by Crippen LogP contribution is 2.68. The Labute approximate surface area is 211 Å². The molecule has 4 rings (SSSR count). The Morgan fingerprint density at radius 2 is 1.54 bits per heavy atom. The van der Waals surface area contributed by atoms with Gasteiger partial charge >= 0.3 is 17.9 Å². The van der Waals surface area contributed by atoms with Crippen molar-refractivity contribution in [3.63, 3.8) is 0 Å². The number of ether oxygens (including phenoxy) is 3. The first kappa shape index (κ1) is 26.5. The molecule has 4 fully saturated rings. The molecule has 0 aliphatic heterocycles. The van der Waals surface area contributed by atoms with Crippen LogP contribution in [0.5, 0.6) is 0 Å². The Balaban J connectivity index is 1.57. The van der Waals surface area contributed by atoms with E-state index in [9.17, 15) is 14.4 Å². The SMILES string of the molecule is COC(=O)CCC(C)C1CCC2C3C(CCC12C)C1(C)CC[C@@H](OC(C)=O)C[C@H]1C[C@H]3OC(C)=O. The lowest BCUT2D eigenvalue weighted by molar-refractivity contribution is -0.197. The Hall–Kier alpha value is -1.59. The molecule has 4 aliphatic carbocycles. The van der Waals surface area contributed by atoms with Crippen LogP contribution in [-0.2, 0) is 28.6 Å². The van der Waals surface area contributed by atoms with Crippen LogP contribution in [0.15, 0.2) is 0 Å². The summed E-state index contributed by atoms with van der Waals surface area (Å²) >= 11 is 0. The summed E-state index contributed by atoms with van der Waals surface area (Å²) in [5.41, 5.74) is 0.418. The van der Waals surface area contributed by atoms with Gasteiger partial charge in [-0.2, -0.15) is 0 Å². The Morgan fingerprint density at radius 1 is 0.886 bits per heavy atom. The molecule has 0 aromatic carbocycles. The number of rotatable bonds is 6. The highest BCUT2D eigenvalue weighted by molar-refractivity contribution is 5.69. The summed E-state index contributed by atoms with van der Waals surface area (Å²) in [4.78, 5) is 35.6. The summed E-state index contributed by atoms with van der Waals surface area (Å²) in [5, 5.41) is 0. The molecule has 0 radical (unpaired) electrons. The van der Waals surface area contributed by atoms with E-state index in [-0.39, 0.29) is 40.9 Å². The van der Waals surface area contributed by atoms with Crippen molar-refractivity contribution in [1.29, 1.82) is 0 Å². The van der Waals surface area contributed by atoms with E-state index >= 15 is 0 Å². The van der Waals surface area contributed by atoms with Gasteiger partial charge in [0.2, 0.25) is 0 Å². The van der Waals surface area contributed by atoms with Crippen molar-refractivity contribution in [2.75, 3.05) is 7.11 Å². The van der Waals surface area contributed by atoms with E-state index < -0.39 is 0 Å². The first-order valence-corrected chi connectivity index (χ1v) is 13.9. The number of carbonyl (C=O) groups excluding carboxylic acids is 3. The molecular weight excluding hydrogens is 444 g/mol. The molecule has 0 amide bonds. The topological polar surface area (TPSA) is 78.9 Å². The average molecular weight is 491 g/mol. The van der Waals surface area contributed by atoms with Crippen LogP contribution < -0.4 is 0 Å². The van der Waals surface area contributed by atoms with Gasteiger partial charge in [-0.25, -0.2) is 0 Å². The van der Waals surface area contributed by atoms with Crippen molar-refractivity contribution in [1.82, 2.24) is 0 Å². The van der Waals surface area contributed by atoms with Crippen LogP contribution >= 0.6 is 0 Å². The van der Waals surface area contributed by atoms with Crippen molar-refractivity contribution in [2.45, 2.75) is 111 Å². The van der Waals surface area contributed by atoms with E-state index in [4.69, 9.17) is 14.2 Å². The summed E-state index contributed by atoms with van der Waals surface area (Å²) in [6, 6.07) is 0. The second-order valence-electron chi connectivity index (χ2n) is 12.7. The molecule has 6 nitrogen and oxygen atoms in total. The van der Waals surface area contributed by atoms with Gasteiger partial charge in [-0.3, -0.25) is 14.4 Å². The third-order valence-electron chi connectivity index (χ3n) is 11.1. The number of fused-ring (bicyclic) bond motifs is 5. The minimum Gasteiger partial charge on any atom is -0.469 e. The van der Waals surface area contributed by atoms with Gasteiger partial charge in [0, 0.05) is 26.2 Å². The monoisotopic (exact) mass is 490 g/mol. The van der Waals surface area contributed by atoms with Crippen molar-refractivity contribution in [3.05, 3.63) is 0 Å². The molecule has 6 heteroatoms. The maximum absolute atomic E-state index is 12.2. The van der Waals surface area contributed by atoms with Gasteiger partial charge in [0.25, 0.3) is 0 Å². The predicted octanol–water partition coefficient (Wildman–Crippen LogP) is 5.71. The molecule has 4 aliphatic rings. The first-order chi connectivity index (χ1) is 16.5.